The monoisotopic (exact) mass is 468 g/mol. The number of benzene rings is 2. The molecule has 2 aromatic rings. The van der Waals surface area contributed by atoms with E-state index < -0.39 is 33.7 Å². The molecular formula is C21H25ClN2O6S. The van der Waals surface area contributed by atoms with Crippen molar-refractivity contribution in [3.63, 3.8) is 0 Å². The summed E-state index contributed by atoms with van der Waals surface area (Å²) in [6.45, 7) is 5.08. The highest BCUT2D eigenvalue weighted by Gasteiger charge is 2.39. The van der Waals surface area contributed by atoms with E-state index in [4.69, 9.17) is 16.3 Å². The molecular weight excluding hydrogens is 444 g/mol. The fourth-order valence-electron chi connectivity index (χ4n) is 3.49. The number of sulfonamides is 1. The molecule has 1 heterocycles. The number of carbonyl (C=O) groups excluding carboxylic acids is 1. The summed E-state index contributed by atoms with van der Waals surface area (Å²) in [5, 5.41) is 11.4. The summed E-state index contributed by atoms with van der Waals surface area (Å²) < 4.78 is 33.1. The van der Waals surface area contributed by atoms with Gasteiger partial charge in [0.1, 0.15) is 5.60 Å². The van der Waals surface area contributed by atoms with Crippen molar-refractivity contribution in [2.24, 2.45) is 0 Å². The number of fused-ring (bicyclic) bond motifs is 1. The van der Waals surface area contributed by atoms with Crippen LogP contribution in [0.3, 0.4) is 0 Å². The van der Waals surface area contributed by atoms with Crippen molar-refractivity contribution in [1.29, 1.82) is 0 Å². The number of rotatable bonds is 4. The second-order valence-corrected chi connectivity index (χ2v) is 10.8. The number of carboxylic acids is 1. The molecule has 1 fully saturated rings. The van der Waals surface area contributed by atoms with Crippen LogP contribution in [-0.2, 0) is 19.6 Å². The maximum atomic E-state index is 13.3. The van der Waals surface area contributed by atoms with Gasteiger partial charge < -0.3 is 14.7 Å². The predicted octanol–water partition coefficient (Wildman–Crippen LogP) is 3.58. The quantitative estimate of drug-likeness (QED) is 0.735. The van der Waals surface area contributed by atoms with Gasteiger partial charge in [-0.15, -0.1) is 0 Å². The van der Waals surface area contributed by atoms with E-state index in [0.717, 1.165) is 10.8 Å². The van der Waals surface area contributed by atoms with Gasteiger partial charge in [0.2, 0.25) is 10.0 Å². The van der Waals surface area contributed by atoms with Crippen molar-refractivity contribution in [2.75, 3.05) is 19.6 Å². The molecule has 0 bridgehead atoms. The average Bonchev–Trinajstić information content (AvgIpc) is 2.65. The average molecular weight is 469 g/mol. The summed E-state index contributed by atoms with van der Waals surface area (Å²) in [7, 11) is -3.89. The van der Waals surface area contributed by atoms with Gasteiger partial charge in [0.15, 0.2) is 0 Å². The van der Waals surface area contributed by atoms with E-state index in [1.165, 1.54) is 15.3 Å². The Morgan fingerprint density at radius 3 is 2.42 bits per heavy atom. The van der Waals surface area contributed by atoms with Crippen LogP contribution in [0.25, 0.3) is 10.8 Å². The molecule has 0 radical (unpaired) electrons. The number of carbonyl (C=O) groups is 2. The molecule has 1 aliphatic heterocycles. The number of carboxylic acid groups (broad SMARTS) is 1. The summed E-state index contributed by atoms with van der Waals surface area (Å²) in [5.41, 5.74) is -0.748. The molecule has 3 rings (SSSR count). The first-order valence-corrected chi connectivity index (χ1v) is 11.6. The third kappa shape index (κ3) is 5.47. The van der Waals surface area contributed by atoms with E-state index in [-0.39, 0.29) is 31.0 Å². The van der Waals surface area contributed by atoms with Crippen LogP contribution >= 0.6 is 11.6 Å². The first-order chi connectivity index (χ1) is 14.4. The molecule has 31 heavy (non-hydrogen) atoms. The van der Waals surface area contributed by atoms with Crippen LogP contribution in [-0.4, -0.2) is 66.1 Å². The van der Waals surface area contributed by atoms with Gasteiger partial charge in [-0.1, -0.05) is 23.7 Å². The van der Waals surface area contributed by atoms with Crippen LogP contribution in [0.1, 0.15) is 27.2 Å². The van der Waals surface area contributed by atoms with Crippen LogP contribution in [0.4, 0.5) is 4.79 Å². The zero-order valence-electron chi connectivity index (χ0n) is 17.5. The van der Waals surface area contributed by atoms with E-state index in [0.29, 0.717) is 5.02 Å². The smallest absolute Gasteiger partial charge is 0.410 e. The minimum absolute atomic E-state index is 0.0370. The maximum absolute atomic E-state index is 13.3. The number of halogens is 1. The Hall–Kier alpha value is -2.36. The van der Waals surface area contributed by atoms with Gasteiger partial charge >= 0.3 is 12.1 Å². The van der Waals surface area contributed by atoms with Crippen molar-refractivity contribution >= 4 is 44.5 Å². The molecule has 1 saturated heterocycles. The first-order valence-electron chi connectivity index (χ1n) is 9.78. The van der Waals surface area contributed by atoms with Gasteiger partial charge in [-0.2, -0.15) is 4.31 Å². The predicted molar refractivity (Wildman–Crippen MR) is 117 cm³/mol. The minimum atomic E-state index is -3.89. The maximum Gasteiger partial charge on any atom is 0.410 e. The lowest BCUT2D eigenvalue weighted by atomic mass is 10.1. The van der Waals surface area contributed by atoms with Gasteiger partial charge in [-0.25, -0.2) is 13.2 Å². The lowest BCUT2D eigenvalue weighted by molar-refractivity contribution is -0.138. The lowest BCUT2D eigenvalue weighted by Gasteiger charge is -2.40. The summed E-state index contributed by atoms with van der Waals surface area (Å²) in [4.78, 5) is 25.3. The SMILES string of the molecule is CC(C)(C)OC(=O)N1CCN(S(=O)(=O)c2ccc3cc(Cl)ccc3c2)CC1CC(=O)O. The third-order valence-corrected chi connectivity index (χ3v) is 6.99. The molecule has 1 atom stereocenters. The molecule has 168 valence electrons. The Balaban J connectivity index is 1.86. The largest absolute Gasteiger partial charge is 0.481 e. The Morgan fingerprint density at radius 2 is 1.77 bits per heavy atom. The number of hydrogen-bond donors (Lipinski definition) is 1. The Labute approximate surface area is 186 Å². The van der Waals surface area contributed by atoms with Crippen LogP contribution in [0.5, 0.6) is 0 Å². The van der Waals surface area contributed by atoms with Gasteiger partial charge in [-0.05, 0) is 55.8 Å². The molecule has 2 aromatic carbocycles. The summed E-state index contributed by atoms with van der Waals surface area (Å²) in [6, 6.07) is 9.08. The van der Waals surface area contributed by atoms with Crippen LogP contribution < -0.4 is 0 Å². The Bertz CT molecular complexity index is 1110. The van der Waals surface area contributed by atoms with Crippen molar-refractivity contribution in [1.82, 2.24) is 9.21 Å². The number of ether oxygens (including phenoxy) is 1. The van der Waals surface area contributed by atoms with Crippen molar-refractivity contribution in [3.8, 4) is 0 Å². The minimum Gasteiger partial charge on any atom is -0.481 e. The highest BCUT2D eigenvalue weighted by Crippen LogP contribution is 2.27. The van der Waals surface area contributed by atoms with Crippen LogP contribution in [0.2, 0.25) is 5.02 Å². The van der Waals surface area contributed by atoms with E-state index >= 15 is 0 Å². The number of hydrogen-bond acceptors (Lipinski definition) is 5. The molecule has 10 heteroatoms. The van der Waals surface area contributed by atoms with Gasteiger partial charge in [-0.3, -0.25) is 4.79 Å². The zero-order valence-corrected chi connectivity index (χ0v) is 19.1. The number of nitrogens with zero attached hydrogens (tertiary/aromatic N) is 2. The van der Waals surface area contributed by atoms with E-state index in [2.05, 4.69) is 0 Å². The fraction of sp³-hybridized carbons (Fsp3) is 0.429. The van der Waals surface area contributed by atoms with Gasteiger partial charge in [0.05, 0.1) is 17.4 Å². The molecule has 1 aliphatic rings. The standard InChI is InChI=1S/C21H25ClN2O6S/c1-21(2,3)30-20(27)24-9-8-23(13-17(24)12-19(25)26)31(28,29)18-7-5-14-10-16(22)6-4-15(14)11-18/h4-7,10-11,17H,8-9,12-13H2,1-3H3,(H,25,26). The van der Waals surface area contributed by atoms with Crippen molar-refractivity contribution < 1.29 is 27.9 Å². The molecule has 0 spiro atoms. The highest BCUT2D eigenvalue weighted by atomic mass is 35.5. The van der Waals surface area contributed by atoms with E-state index in [9.17, 15) is 23.1 Å². The van der Waals surface area contributed by atoms with Crippen molar-refractivity contribution in [2.45, 2.75) is 43.7 Å². The Morgan fingerprint density at radius 1 is 1.13 bits per heavy atom. The molecule has 1 unspecified atom stereocenters. The molecule has 0 saturated carbocycles. The van der Waals surface area contributed by atoms with E-state index in [1.54, 1.807) is 51.1 Å². The lowest BCUT2D eigenvalue weighted by Crippen LogP contribution is -2.57. The summed E-state index contributed by atoms with van der Waals surface area (Å²) >= 11 is 5.99. The number of aliphatic carboxylic acids is 1. The van der Waals surface area contributed by atoms with Crippen LogP contribution in [0, 0.1) is 0 Å². The van der Waals surface area contributed by atoms with Crippen LogP contribution in [0.15, 0.2) is 41.3 Å². The molecule has 0 aromatic heterocycles. The molecule has 8 nitrogen and oxygen atoms in total. The second kappa shape index (κ2) is 8.64. The normalized spacial score (nSPS) is 18.2. The number of amides is 1. The molecule has 1 amide bonds. The number of piperazine rings is 1. The van der Waals surface area contributed by atoms with Crippen molar-refractivity contribution in [3.05, 3.63) is 41.4 Å². The highest BCUT2D eigenvalue weighted by molar-refractivity contribution is 7.89. The summed E-state index contributed by atoms with van der Waals surface area (Å²) in [6.07, 6.45) is -1.04. The molecule has 0 aliphatic carbocycles. The topological polar surface area (TPSA) is 104 Å². The Kier molecular flexibility index (Phi) is 6.50. The molecule has 1 N–H and O–H groups in total. The van der Waals surface area contributed by atoms with E-state index in [1.807, 2.05) is 0 Å². The van der Waals surface area contributed by atoms with Gasteiger partial charge in [0, 0.05) is 24.7 Å². The zero-order chi connectivity index (χ0) is 23.0. The third-order valence-electron chi connectivity index (χ3n) is 4.90. The fourth-order valence-corrected chi connectivity index (χ4v) is 5.17. The second-order valence-electron chi connectivity index (χ2n) is 8.44. The van der Waals surface area contributed by atoms with Gasteiger partial charge in [0.25, 0.3) is 0 Å². The first kappa shape index (κ1) is 23.3. The summed E-state index contributed by atoms with van der Waals surface area (Å²) in [5.74, 6) is -1.12.